The fraction of sp³-hybridized carbons (Fsp3) is 0.0588. The van der Waals surface area contributed by atoms with Crippen molar-refractivity contribution in [3.05, 3.63) is 63.9 Å². The third-order valence-corrected chi connectivity index (χ3v) is 4.78. The number of imidazole rings is 1. The minimum atomic E-state index is -4.50. The van der Waals surface area contributed by atoms with Gasteiger partial charge in [-0.05, 0) is 46.3 Å². The zero-order chi connectivity index (χ0) is 18.5. The summed E-state index contributed by atoms with van der Waals surface area (Å²) in [5.74, 6) is 0.413. The Labute approximate surface area is 158 Å². The third kappa shape index (κ3) is 2.89. The van der Waals surface area contributed by atoms with Gasteiger partial charge < -0.3 is 5.32 Å². The van der Waals surface area contributed by atoms with E-state index in [1.165, 1.54) is 12.1 Å². The molecule has 4 nitrogen and oxygen atoms in total. The van der Waals surface area contributed by atoms with E-state index < -0.39 is 11.7 Å². The molecular weight excluding hydrogens is 433 g/mol. The molecule has 9 heteroatoms. The van der Waals surface area contributed by atoms with Gasteiger partial charge >= 0.3 is 6.18 Å². The monoisotopic (exact) mass is 440 g/mol. The fourth-order valence-corrected chi connectivity index (χ4v) is 3.54. The SMILES string of the molecule is FC(F)(F)c1ccc(Nc2nc3cccc(Br)c3n3ccnc23)cc1Cl. The molecule has 1 N–H and O–H groups in total. The number of anilines is 2. The summed E-state index contributed by atoms with van der Waals surface area (Å²) in [6.45, 7) is 0. The van der Waals surface area contributed by atoms with E-state index in [0.717, 1.165) is 16.1 Å². The van der Waals surface area contributed by atoms with Crippen LogP contribution in [0.4, 0.5) is 24.7 Å². The van der Waals surface area contributed by atoms with Gasteiger partial charge in [0.25, 0.3) is 0 Å². The number of aromatic nitrogens is 3. The van der Waals surface area contributed by atoms with Crippen LogP contribution in [-0.4, -0.2) is 14.4 Å². The largest absolute Gasteiger partial charge is 0.417 e. The van der Waals surface area contributed by atoms with Crippen molar-refractivity contribution in [1.82, 2.24) is 14.4 Å². The number of nitrogens with zero attached hydrogens (tertiary/aromatic N) is 3. The first-order chi connectivity index (χ1) is 12.3. The molecule has 2 aromatic heterocycles. The van der Waals surface area contributed by atoms with E-state index in [0.29, 0.717) is 22.7 Å². The second-order valence-electron chi connectivity index (χ2n) is 5.51. The lowest BCUT2D eigenvalue weighted by atomic mass is 10.2. The first kappa shape index (κ1) is 17.1. The molecule has 0 saturated heterocycles. The molecule has 132 valence electrons. The number of benzene rings is 2. The highest BCUT2D eigenvalue weighted by molar-refractivity contribution is 9.10. The molecule has 0 aliphatic rings. The molecule has 0 amide bonds. The molecule has 0 aliphatic carbocycles. The fourth-order valence-electron chi connectivity index (χ4n) is 2.71. The van der Waals surface area contributed by atoms with Gasteiger partial charge in [0.05, 0.1) is 21.6 Å². The molecule has 2 heterocycles. The van der Waals surface area contributed by atoms with Crippen LogP contribution in [0.5, 0.6) is 0 Å². The van der Waals surface area contributed by atoms with Crippen molar-refractivity contribution in [3.63, 3.8) is 0 Å². The Hall–Kier alpha value is -2.32. The van der Waals surface area contributed by atoms with Crippen LogP contribution in [0.1, 0.15) is 5.56 Å². The molecule has 4 rings (SSSR count). The highest BCUT2D eigenvalue weighted by atomic mass is 79.9. The molecule has 0 saturated carbocycles. The summed E-state index contributed by atoms with van der Waals surface area (Å²) in [5.41, 5.74) is 1.59. The molecule has 26 heavy (non-hydrogen) atoms. The number of alkyl halides is 3. The summed E-state index contributed by atoms with van der Waals surface area (Å²) in [6, 6.07) is 9.04. The predicted molar refractivity (Wildman–Crippen MR) is 97.9 cm³/mol. The van der Waals surface area contributed by atoms with Crippen LogP contribution in [0.15, 0.2) is 53.3 Å². The summed E-state index contributed by atoms with van der Waals surface area (Å²) in [6.07, 6.45) is -1.09. The van der Waals surface area contributed by atoms with Crippen molar-refractivity contribution in [1.29, 1.82) is 0 Å². The lowest BCUT2D eigenvalue weighted by Gasteiger charge is -2.13. The number of nitrogens with one attached hydrogen (secondary N) is 1. The van der Waals surface area contributed by atoms with Gasteiger partial charge in [-0.1, -0.05) is 17.7 Å². The number of hydrogen-bond acceptors (Lipinski definition) is 3. The molecular formula is C17H9BrClF3N4. The maximum atomic E-state index is 12.9. The van der Waals surface area contributed by atoms with Gasteiger partial charge in [-0.2, -0.15) is 13.2 Å². The van der Waals surface area contributed by atoms with Crippen LogP contribution in [0.2, 0.25) is 5.02 Å². The Kier molecular flexibility index (Phi) is 4.04. The maximum Gasteiger partial charge on any atom is 0.417 e. The first-order valence-corrected chi connectivity index (χ1v) is 8.57. The average molecular weight is 442 g/mol. The number of para-hydroxylation sites is 1. The van der Waals surface area contributed by atoms with Gasteiger partial charge in [-0.15, -0.1) is 0 Å². The molecule has 0 fully saturated rings. The van der Waals surface area contributed by atoms with Crippen molar-refractivity contribution >= 4 is 55.7 Å². The molecule has 4 aromatic rings. The zero-order valence-electron chi connectivity index (χ0n) is 12.9. The zero-order valence-corrected chi connectivity index (χ0v) is 15.2. The molecule has 0 radical (unpaired) electrons. The van der Waals surface area contributed by atoms with Crippen LogP contribution in [0, 0.1) is 0 Å². The Morgan fingerprint density at radius 3 is 2.69 bits per heavy atom. The van der Waals surface area contributed by atoms with Crippen LogP contribution >= 0.6 is 27.5 Å². The van der Waals surface area contributed by atoms with E-state index in [9.17, 15) is 13.2 Å². The Balaban J connectivity index is 1.82. The van der Waals surface area contributed by atoms with Gasteiger partial charge in [0.2, 0.25) is 0 Å². The second-order valence-corrected chi connectivity index (χ2v) is 6.77. The van der Waals surface area contributed by atoms with E-state index in [2.05, 4.69) is 31.2 Å². The molecule has 2 aromatic carbocycles. The molecule has 0 unspecified atom stereocenters. The van der Waals surface area contributed by atoms with Crippen molar-refractivity contribution < 1.29 is 13.2 Å². The first-order valence-electron chi connectivity index (χ1n) is 7.39. The number of fused-ring (bicyclic) bond motifs is 3. The topological polar surface area (TPSA) is 42.2 Å². The van der Waals surface area contributed by atoms with Gasteiger partial charge in [0, 0.05) is 22.6 Å². The van der Waals surface area contributed by atoms with E-state index >= 15 is 0 Å². The highest BCUT2D eigenvalue weighted by Gasteiger charge is 2.33. The second kappa shape index (κ2) is 6.14. The molecule has 0 bridgehead atoms. The lowest BCUT2D eigenvalue weighted by Crippen LogP contribution is -2.06. The van der Waals surface area contributed by atoms with Crippen LogP contribution in [0.25, 0.3) is 16.7 Å². The quantitative estimate of drug-likeness (QED) is 0.411. The third-order valence-electron chi connectivity index (χ3n) is 3.83. The van der Waals surface area contributed by atoms with Gasteiger partial charge in [-0.3, -0.25) is 4.40 Å². The van der Waals surface area contributed by atoms with Crippen LogP contribution < -0.4 is 5.32 Å². The van der Waals surface area contributed by atoms with Crippen LogP contribution in [0.3, 0.4) is 0 Å². The van der Waals surface area contributed by atoms with E-state index in [1.807, 2.05) is 22.6 Å². The van der Waals surface area contributed by atoms with Crippen molar-refractivity contribution in [3.8, 4) is 0 Å². The lowest BCUT2D eigenvalue weighted by molar-refractivity contribution is -0.137. The van der Waals surface area contributed by atoms with E-state index in [-0.39, 0.29) is 5.02 Å². The van der Waals surface area contributed by atoms with Gasteiger partial charge in [0.1, 0.15) is 0 Å². The summed E-state index contributed by atoms with van der Waals surface area (Å²) < 4.78 is 41.3. The van der Waals surface area contributed by atoms with Crippen molar-refractivity contribution in [2.24, 2.45) is 0 Å². The maximum absolute atomic E-state index is 12.9. The van der Waals surface area contributed by atoms with Crippen molar-refractivity contribution in [2.75, 3.05) is 5.32 Å². The highest BCUT2D eigenvalue weighted by Crippen LogP contribution is 2.36. The van der Waals surface area contributed by atoms with Crippen molar-refractivity contribution in [2.45, 2.75) is 6.18 Å². The minimum Gasteiger partial charge on any atom is -0.337 e. The Morgan fingerprint density at radius 2 is 1.96 bits per heavy atom. The van der Waals surface area contributed by atoms with E-state index in [4.69, 9.17) is 11.6 Å². The Morgan fingerprint density at radius 1 is 1.15 bits per heavy atom. The van der Waals surface area contributed by atoms with Gasteiger partial charge in [-0.25, -0.2) is 9.97 Å². The molecule has 0 atom stereocenters. The smallest absolute Gasteiger partial charge is 0.337 e. The standard InChI is InChI=1S/C17H9BrClF3N4/c18-11-2-1-3-13-14(11)26-7-6-23-16(26)15(25-13)24-9-4-5-10(12(19)8-9)17(20,21)22/h1-8H,(H,24,25). The average Bonchev–Trinajstić information content (AvgIpc) is 3.03. The Bertz CT molecular complexity index is 1140. The number of hydrogen-bond donors (Lipinski definition) is 1. The summed E-state index contributed by atoms with van der Waals surface area (Å²) >= 11 is 9.28. The summed E-state index contributed by atoms with van der Waals surface area (Å²) in [5, 5.41) is 2.62. The number of rotatable bonds is 2. The van der Waals surface area contributed by atoms with E-state index in [1.54, 1.807) is 12.4 Å². The van der Waals surface area contributed by atoms with Gasteiger partial charge in [0.15, 0.2) is 11.5 Å². The molecule has 0 aliphatic heterocycles. The number of halogens is 5. The summed E-state index contributed by atoms with van der Waals surface area (Å²) in [7, 11) is 0. The molecule has 0 spiro atoms. The summed E-state index contributed by atoms with van der Waals surface area (Å²) in [4.78, 5) is 8.83. The normalized spacial score (nSPS) is 12.0. The predicted octanol–water partition coefficient (Wildman–Crippen LogP) is 6.06. The minimum absolute atomic E-state index is 0.384. The van der Waals surface area contributed by atoms with Crippen LogP contribution in [-0.2, 0) is 6.18 Å².